The Labute approximate surface area is 230 Å². The zero-order chi connectivity index (χ0) is 29.9. The van der Waals surface area contributed by atoms with Crippen LogP contribution in [0.4, 0.5) is 30.2 Å². The number of alkyl halides is 3. The van der Waals surface area contributed by atoms with Crippen molar-refractivity contribution in [3.63, 3.8) is 0 Å². The van der Waals surface area contributed by atoms with E-state index in [0.29, 0.717) is 36.1 Å². The molecule has 1 fully saturated rings. The molecule has 2 aromatic rings. The molecular weight excluding hydrogens is 531 g/mol. The van der Waals surface area contributed by atoms with Gasteiger partial charge in [-0.1, -0.05) is 0 Å². The van der Waals surface area contributed by atoms with Crippen LogP contribution in [-0.2, 0) is 15.7 Å². The van der Waals surface area contributed by atoms with E-state index >= 15 is 0 Å². The molecule has 0 aliphatic carbocycles. The van der Waals surface area contributed by atoms with Gasteiger partial charge in [0.05, 0.1) is 48.6 Å². The SMILES string of the molecule is COC(=O)/C(N)=C/N(N)c1cc(NC(=O)c2cnc(OC)cc2C(F)(F)F)c(N2CC(C)N(C)C(C)C2)cc1C. The van der Waals surface area contributed by atoms with Crippen molar-refractivity contribution >= 4 is 28.9 Å². The maximum atomic E-state index is 13.8. The number of likely N-dealkylation sites (N-methyl/N-ethyl adjacent to an activating group) is 1. The van der Waals surface area contributed by atoms with Crippen LogP contribution < -0.4 is 31.5 Å². The summed E-state index contributed by atoms with van der Waals surface area (Å²) in [6.45, 7) is 7.08. The number of pyridine rings is 1. The number of hydrogen-bond acceptors (Lipinski definition) is 10. The smallest absolute Gasteiger partial charge is 0.417 e. The van der Waals surface area contributed by atoms with Crippen molar-refractivity contribution in [1.82, 2.24) is 9.88 Å². The monoisotopic (exact) mass is 565 g/mol. The zero-order valence-electron chi connectivity index (χ0n) is 23.2. The maximum absolute atomic E-state index is 13.8. The van der Waals surface area contributed by atoms with E-state index in [1.807, 2.05) is 7.05 Å². The molecule has 14 heteroatoms. The third-order valence-corrected chi connectivity index (χ3v) is 6.88. The quantitative estimate of drug-likeness (QED) is 0.199. The van der Waals surface area contributed by atoms with Gasteiger partial charge in [0.1, 0.15) is 5.70 Å². The van der Waals surface area contributed by atoms with Crippen molar-refractivity contribution < 1.29 is 32.2 Å². The lowest BCUT2D eigenvalue weighted by molar-refractivity contribution is -0.138. The van der Waals surface area contributed by atoms with Crippen LogP contribution in [0, 0.1) is 6.92 Å². The first-order chi connectivity index (χ1) is 18.7. The summed E-state index contributed by atoms with van der Waals surface area (Å²) in [5.41, 5.74) is 5.39. The lowest BCUT2D eigenvalue weighted by atomic mass is 10.0. The van der Waals surface area contributed by atoms with E-state index in [9.17, 15) is 22.8 Å². The van der Waals surface area contributed by atoms with Crippen LogP contribution in [0.3, 0.4) is 0 Å². The molecule has 2 atom stereocenters. The number of nitrogens with one attached hydrogen (secondary N) is 1. The van der Waals surface area contributed by atoms with Gasteiger partial charge in [0, 0.05) is 37.4 Å². The summed E-state index contributed by atoms with van der Waals surface area (Å²) in [6, 6.07) is 4.27. The standard InChI is InChI=1S/C26H34F3N7O4/c1-14-7-22(35-11-15(2)34(4)16(3)12-35)20(9-21(14)36(31)13-19(30)25(38)40-6)33-24(37)17-10-32-23(39-5)8-18(17)26(27,28)29/h7-10,13,15-16H,11-12,30-31H2,1-6H3,(H,33,37)/b19-13-. The minimum absolute atomic E-state index is 0.156. The average molecular weight is 566 g/mol. The molecule has 5 N–H and O–H groups in total. The Morgan fingerprint density at radius 3 is 2.35 bits per heavy atom. The Balaban J connectivity index is 2.12. The Bertz CT molecular complexity index is 1290. The number of methoxy groups -OCH3 is 2. The largest absolute Gasteiger partial charge is 0.481 e. The molecule has 0 spiro atoms. The van der Waals surface area contributed by atoms with Gasteiger partial charge < -0.3 is 25.4 Å². The zero-order valence-corrected chi connectivity index (χ0v) is 23.2. The highest BCUT2D eigenvalue weighted by atomic mass is 19.4. The number of aromatic nitrogens is 1. The van der Waals surface area contributed by atoms with Gasteiger partial charge in [-0.05, 0) is 45.5 Å². The van der Waals surface area contributed by atoms with Crippen molar-refractivity contribution in [3.05, 3.63) is 53.0 Å². The van der Waals surface area contributed by atoms with E-state index in [1.165, 1.54) is 20.3 Å². The summed E-state index contributed by atoms with van der Waals surface area (Å²) in [5.74, 6) is 4.06. The van der Waals surface area contributed by atoms with Crippen LogP contribution in [0.5, 0.6) is 5.88 Å². The third kappa shape index (κ3) is 6.57. The van der Waals surface area contributed by atoms with Gasteiger partial charge in [0.15, 0.2) is 0 Å². The van der Waals surface area contributed by atoms with E-state index < -0.39 is 29.2 Å². The number of rotatable bonds is 7. The number of esters is 1. The fraction of sp³-hybridized carbons (Fsp3) is 0.423. The maximum Gasteiger partial charge on any atom is 0.417 e. The number of piperazine rings is 1. The molecule has 218 valence electrons. The first-order valence-electron chi connectivity index (χ1n) is 12.3. The Hall–Kier alpha value is -4.04. The molecule has 1 saturated heterocycles. The van der Waals surface area contributed by atoms with Gasteiger partial charge in [0.25, 0.3) is 5.91 Å². The molecule has 0 saturated carbocycles. The Morgan fingerprint density at radius 1 is 1.18 bits per heavy atom. The van der Waals surface area contributed by atoms with Gasteiger partial charge in [0.2, 0.25) is 5.88 Å². The van der Waals surface area contributed by atoms with E-state index in [4.69, 9.17) is 16.3 Å². The van der Waals surface area contributed by atoms with Crippen molar-refractivity contribution in [1.29, 1.82) is 0 Å². The van der Waals surface area contributed by atoms with Gasteiger partial charge in [-0.3, -0.25) is 14.7 Å². The normalized spacial score (nSPS) is 18.4. The van der Waals surface area contributed by atoms with Crippen LogP contribution in [0.2, 0.25) is 0 Å². The first-order valence-corrected chi connectivity index (χ1v) is 12.3. The number of carbonyl (C=O) groups is 2. The van der Waals surface area contributed by atoms with Crippen LogP contribution in [0.25, 0.3) is 0 Å². The minimum atomic E-state index is -4.84. The molecule has 0 radical (unpaired) electrons. The van der Waals surface area contributed by atoms with E-state index in [-0.39, 0.29) is 29.3 Å². The van der Waals surface area contributed by atoms with Crippen LogP contribution in [0.15, 0.2) is 36.3 Å². The average Bonchev–Trinajstić information content (AvgIpc) is 2.90. The summed E-state index contributed by atoms with van der Waals surface area (Å²) in [5, 5.41) is 3.70. The number of benzene rings is 1. The highest BCUT2D eigenvalue weighted by Crippen LogP contribution is 2.37. The van der Waals surface area contributed by atoms with Gasteiger partial charge in [-0.15, -0.1) is 0 Å². The molecule has 3 rings (SSSR count). The van der Waals surface area contributed by atoms with Crippen molar-refractivity contribution in [2.45, 2.75) is 39.0 Å². The number of hydrazine groups is 1. The number of aryl methyl sites for hydroxylation is 1. The van der Waals surface area contributed by atoms with Crippen LogP contribution in [-0.4, -0.2) is 68.2 Å². The highest BCUT2D eigenvalue weighted by molar-refractivity contribution is 6.07. The summed E-state index contributed by atoms with van der Waals surface area (Å²) in [7, 11) is 4.36. The molecule has 40 heavy (non-hydrogen) atoms. The van der Waals surface area contributed by atoms with Gasteiger partial charge in [-0.25, -0.2) is 15.6 Å². The number of carbonyl (C=O) groups excluding carboxylic acids is 2. The third-order valence-electron chi connectivity index (χ3n) is 6.88. The van der Waals surface area contributed by atoms with Crippen molar-refractivity contribution in [2.24, 2.45) is 11.6 Å². The van der Waals surface area contributed by atoms with Gasteiger partial charge in [-0.2, -0.15) is 13.2 Å². The summed E-state index contributed by atoms with van der Waals surface area (Å²) in [6.07, 6.45) is -2.87. The summed E-state index contributed by atoms with van der Waals surface area (Å²) in [4.78, 5) is 33.2. The second-order valence-corrected chi connectivity index (χ2v) is 9.63. The molecule has 1 aliphatic heterocycles. The number of halogens is 3. The molecule has 2 heterocycles. The van der Waals surface area contributed by atoms with Crippen molar-refractivity contribution in [2.75, 3.05) is 49.6 Å². The number of anilines is 3. The van der Waals surface area contributed by atoms with Crippen molar-refractivity contribution in [3.8, 4) is 5.88 Å². The molecule has 1 aromatic carbocycles. The predicted octanol–water partition coefficient (Wildman–Crippen LogP) is 2.85. The minimum Gasteiger partial charge on any atom is -0.481 e. The van der Waals surface area contributed by atoms with Crippen LogP contribution in [0.1, 0.15) is 35.3 Å². The second-order valence-electron chi connectivity index (χ2n) is 9.63. The fourth-order valence-electron chi connectivity index (χ4n) is 4.47. The van der Waals surface area contributed by atoms with E-state index in [2.05, 4.69) is 38.7 Å². The Kier molecular flexibility index (Phi) is 9.15. The number of nitrogens with two attached hydrogens (primary N) is 2. The first kappa shape index (κ1) is 30.5. The molecule has 1 aliphatic rings. The lowest BCUT2D eigenvalue weighted by Gasteiger charge is -2.44. The van der Waals surface area contributed by atoms with E-state index in [0.717, 1.165) is 17.4 Å². The molecule has 0 bridgehead atoms. The second kappa shape index (κ2) is 12.0. The van der Waals surface area contributed by atoms with Crippen LogP contribution >= 0.6 is 0 Å². The summed E-state index contributed by atoms with van der Waals surface area (Å²) >= 11 is 0. The predicted molar refractivity (Wildman–Crippen MR) is 145 cm³/mol. The Morgan fingerprint density at radius 2 is 1.80 bits per heavy atom. The van der Waals surface area contributed by atoms with E-state index in [1.54, 1.807) is 13.0 Å². The molecule has 11 nitrogen and oxygen atoms in total. The number of nitrogens with zero attached hydrogens (tertiary/aromatic N) is 4. The number of hydrogen-bond donors (Lipinski definition) is 3. The molecule has 2 unspecified atom stereocenters. The highest BCUT2D eigenvalue weighted by Gasteiger charge is 2.37. The fourth-order valence-corrected chi connectivity index (χ4v) is 4.47. The molecule has 1 amide bonds. The molecule has 1 aromatic heterocycles. The topological polar surface area (TPSA) is 139 Å². The van der Waals surface area contributed by atoms with Gasteiger partial charge >= 0.3 is 12.1 Å². The number of ether oxygens (including phenoxy) is 2. The molecular formula is C26H34F3N7O4. The summed E-state index contributed by atoms with van der Waals surface area (Å²) < 4.78 is 50.9. The number of amides is 1. The lowest BCUT2D eigenvalue weighted by Crippen LogP contribution is -2.55.